The van der Waals surface area contributed by atoms with Gasteiger partial charge in [0.1, 0.15) is 11.7 Å². The monoisotopic (exact) mass is 399 g/mol. The third-order valence-electron chi connectivity index (χ3n) is 5.10. The number of carbonyl (C=O) groups excluding carboxylic acids is 1. The number of amides is 1. The maximum absolute atomic E-state index is 13.3. The Morgan fingerprint density at radius 1 is 1.14 bits per heavy atom. The number of hydrogen-bond acceptors (Lipinski definition) is 5. The number of benzene rings is 2. The fourth-order valence-corrected chi connectivity index (χ4v) is 4.18. The van der Waals surface area contributed by atoms with Crippen molar-refractivity contribution in [2.75, 3.05) is 19.5 Å². The lowest BCUT2D eigenvalue weighted by molar-refractivity contribution is -0.132. The maximum atomic E-state index is 13.3. The van der Waals surface area contributed by atoms with E-state index >= 15 is 0 Å². The Morgan fingerprint density at radius 2 is 1.86 bits per heavy atom. The Bertz CT molecular complexity index is 951. The van der Waals surface area contributed by atoms with Gasteiger partial charge in [-0.05, 0) is 37.3 Å². The molecule has 1 saturated heterocycles. The zero-order chi connectivity index (χ0) is 19.9. The summed E-state index contributed by atoms with van der Waals surface area (Å²) in [7, 11) is 3.15. The third-order valence-corrected chi connectivity index (χ3v) is 5.32. The Kier molecular flexibility index (Phi) is 4.50. The van der Waals surface area contributed by atoms with Crippen molar-refractivity contribution >= 4 is 28.9 Å². The first-order valence-corrected chi connectivity index (χ1v) is 9.26. The van der Waals surface area contributed by atoms with Crippen molar-refractivity contribution < 1.29 is 19.0 Å². The second kappa shape index (κ2) is 6.87. The van der Waals surface area contributed by atoms with Crippen LogP contribution in [0.2, 0.25) is 0 Å². The summed E-state index contributed by atoms with van der Waals surface area (Å²) in [5, 5.41) is 9.72. The predicted molar refractivity (Wildman–Crippen MR) is 109 cm³/mol. The summed E-state index contributed by atoms with van der Waals surface area (Å²) in [6.45, 7) is 1.81. The highest BCUT2D eigenvalue weighted by Gasteiger charge is 2.55. The van der Waals surface area contributed by atoms with Crippen LogP contribution in [0.15, 0.2) is 42.5 Å². The van der Waals surface area contributed by atoms with E-state index in [1.54, 1.807) is 26.4 Å². The summed E-state index contributed by atoms with van der Waals surface area (Å²) in [5.74, 6) is 0.980. The lowest BCUT2D eigenvalue weighted by Gasteiger charge is -2.50. The van der Waals surface area contributed by atoms with Gasteiger partial charge in [0.25, 0.3) is 0 Å². The zero-order valence-corrected chi connectivity index (χ0v) is 16.6. The van der Waals surface area contributed by atoms with Crippen LogP contribution in [-0.4, -0.2) is 31.0 Å². The minimum absolute atomic E-state index is 0.215. The molecule has 0 spiro atoms. The number of para-hydroxylation sites is 3. The van der Waals surface area contributed by atoms with Gasteiger partial charge in [-0.15, -0.1) is 0 Å². The van der Waals surface area contributed by atoms with Crippen molar-refractivity contribution in [1.82, 2.24) is 10.6 Å². The van der Waals surface area contributed by atoms with Crippen LogP contribution in [0.4, 0.5) is 5.69 Å². The molecule has 0 aliphatic carbocycles. The molecule has 1 fully saturated rings. The first-order chi connectivity index (χ1) is 13.5. The fourth-order valence-electron chi connectivity index (χ4n) is 3.85. The van der Waals surface area contributed by atoms with Gasteiger partial charge in [-0.25, -0.2) is 0 Å². The molecule has 0 unspecified atom stereocenters. The molecule has 2 heterocycles. The maximum Gasteiger partial charge on any atom is 0.236 e. The van der Waals surface area contributed by atoms with Crippen molar-refractivity contribution in [2.45, 2.75) is 18.7 Å². The van der Waals surface area contributed by atoms with E-state index in [4.69, 9.17) is 26.4 Å². The standard InChI is InChI=1S/C20H21N3O4S/c1-20-15(18(24)21-12-8-4-5-9-13(12)25-2)16(22-19(28)23-20)11-7-6-10-14(26-3)17(11)27-20/h4-10,15-16H,1-3H3,(H,21,24)(H2,22,23,28)/t15-,16-,20+/m1/s1. The van der Waals surface area contributed by atoms with E-state index in [-0.39, 0.29) is 11.9 Å². The van der Waals surface area contributed by atoms with Crippen molar-refractivity contribution in [3.05, 3.63) is 48.0 Å². The Labute approximate surface area is 168 Å². The van der Waals surface area contributed by atoms with E-state index in [2.05, 4.69) is 16.0 Å². The summed E-state index contributed by atoms with van der Waals surface area (Å²) in [6.07, 6.45) is 0. The van der Waals surface area contributed by atoms with Gasteiger partial charge in [0, 0.05) is 5.56 Å². The SMILES string of the molecule is COc1ccccc1NC(=O)[C@H]1[C@@H]2NC(=S)N[C@@]1(C)Oc1c(OC)cccc12. The third kappa shape index (κ3) is 2.90. The molecule has 1 amide bonds. The number of carbonyl (C=O) groups is 1. The molecule has 3 atom stereocenters. The first kappa shape index (κ1) is 18.4. The lowest BCUT2D eigenvalue weighted by atomic mass is 9.79. The van der Waals surface area contributed by atoms with Crippen molar-refractivity contribution in [3.8, 4) is 17.2 Å². The van der Waals surface area contributed by atoms with Gasteiger partial charge in [-0.3, -0.25) is 4.79 Å². The summed E-state index contributed by atoms with van der Waals surface area (Å²) in [6, 6.07) is 12.5. The van der Waals surface area contributed by atoms with Gasteiger partial charge in [0.15, 0.2) is 22.3 Å². The Morgan fingerprint density at radius 3 is 2.61 bits per heavy atom. The number of methoxy groups -OCH3 is 2. The number of rotatable bonds is 4. The van der Waals surface area contributed by atoms with Gasteiger partial charge in [-0.1, -0.05) is 24.3 Å². The van der Waals surface area contributed by atoms with Crippen molar-refractivity contribution in [1.29, 1.82) is 0 Å². The number of nitrogens with one attached hydrogen (secondary N) is 3. The van der Waals surface area contributed by atoms with Gasteiger partial charge in [0.2, 0.25) is 5.91 Å². The second-order valence-corrected chi connectivity index (χ2v) is 7.24. The molecule has 2 aliphatic rings. The first-order valence-electron chi connectivity index (χ1n) is 8.85. The van der Waals surface area contributed by atoms with E-state index in [0.29, 0.717) is 28.0 Å². The minimum atomic E-state index is -1.04. The lowest BCUT2D eigenvalue weighted by Crippen LogP contribution is -2.70. The molecule has 8 heteroatoms. The van der Waals surface area contributed by atoms with E-state index < -0.39 is 11.6 Å². The molecule has 0 saturated carbocycles. The molecule has 3 N–H and O–H groups in total. The molecule has 146 valence electrons. The number of hydrogen-bond donors (Lipinski definition) is 3. The molecule has 0 aromatic heterocycles. The number of thiocarbonyl (C=S) groups is 1. The predicted octanol–water partition coefficient (Wildman–Crippen LogP) is 2.59. The summed E-state index contributed by atoms with van der Waals surface area (Å²) in [4.78, 5) is 13.3. The molecule has 28 heavy (non-hydrogen) atoms. The van der Waals surface area contributed by atoms with Gasteiger partial charge in [-0.2, -0.15) is 0 Å². The number of anilines is 1. The summed E-state index contributed by atoms with van der Waals surface area (Å²) in [5.41, 5.74) is 0.373. The van der Waals surface area contributed by atoms with E-state index in [0.717, 1.165) is 5.56 Å². The normalized spacial score (nSPS) is 24.8. The highest BCUT2D eigenvalue weighted by molar-refractivity contribution is 7.80. The Balaban J connectivity index is 1.74. The van der Waals surface area contributed by atoms with Crippen LogP contribution in [0.5, 0.6) is 17.2 Å². The molecule has 4 rings (SSSR count). The molecular formula is C20H21N3O4S. The van der Waals surface area contributed by atoms with Crippen LogP contribution in [-0.2, 0) is 4.79 Å². The number of ether oxygens (including phenoxy) is 3. The number of fused-ring (bicyclic) bond motifs is 4. The van der Waals surface area contributed by atoms with Crippen LogP contribution in [0.1, 0.15) is 18.5 Å². The van der Waals surface area contributed by atoms with Crippen molar-refractivity contribution in [2.24, 2.45) is 5.92 Å². The summed E-state index contributed by atoms with van der Waals surface area (Å²) < 4.78 is 17.0. The van der Waals surface area contributed by atoms with Crippen LogP contribution in [0.3, 0.4) is 0 Å². The highest BCUT2D eigenvalue weighted by Crippen LogP contribution is 2.49. The molecule has 2 bridgehead atoms. The fraction of sp³-hybridized carbons (Fsp3) is 0.300. The van der Waals surface area contributed by atoms with Crippen molar-refractivity contribution in [3.63, 3.8) is 0 Å². The molecule has 2 aliphatic heterocycles. The van der Waals surface area contributed by atoms with E-state index in [9.17, 15) is 4.79 Å². The largest absolute Gasteiger partial charge is 0.495 e. The summed E-state index contributed by atoms with van der Waals surface area (Å²) >= 11 is 5.35. The van der Waals surface area contributed by atoms with Crippen LogP contribution in [0.25, 0.3) is 0 Å². The van der Waals surface area contributed by atoms with Gasteiger partial charge >= 0.3 is 0 Å². The Hall–Kier alpha value is -3.00. The second-order valence-electron chi connectivity index (χ2n) is 6.83. The quantitative estimate of drug-likeness (QED) is 0.682. The average molecular weight is 399 g/mol. The molecule has 2 aromatic carbocycles. The van der Waals surface area contributed by atoms with Gasteiger partial charge in [0.05, 0.1) is 25.9 Å². The zero-order valence-electron chi connectivity index (χ0n) is 15.7. The molecule has 2 aromatic rings. The average Bonchev–Trinajstić information content (AvgIpc) is 2.66. The topological polar surface area (TPSA) is 80.9 Å². The van der Waals surface area contributed by atoms with Crippen LogP contribution >= 0.6 is 12.2 Å². The molecule has 7 nitrogen and oxygen atoms in total. The minimum Gasteiger partial charge on any atom is -0.495 e. The van der Waals surface area contributed by atoms with E-state index in [1.165, 1.54) is 0 Å². The van der Waals surface area contributed by atoms with Gasteiger partial charge < -0.3 is 30.2 Å². The molecular weight excluding hydrogens is 378 g/mol. The molecule has 0 radical (unpaired) electrons. The van der Waals surface area contributed by atoms with E-state index in [1.807, 2.05) is 37.3 Å². The highest BCUT2D eigenvalue weighted by atomic mass is 32.1. The smallest absolute Gasteiger partial charge is 0.236 e. The van der Waals surface area contributed by atoms with Crippen LogP contribution < -0.4 is 30.2 Å². The van der Waals surface area contributed by atoms with Crippen LogP contribution in [0, 0.1) is 5.92 Å².